The lowest BCUT2D eigenvalue weighted by atomic mass is 10.2. The largest absolute Gasteiger partial charge is 0.361 e. The topological polar surface area (TPSA) is 80.5 Å². The first-order valence-corrected chi connectivity index (χ1v) is 8.69. The van der Waals surface area contributed by atoms with Gasteiger partial charge in [0.1, 0.15) is 0 Å². The number of H-pyrrole nitrogens is 1. The molecule has 1 aromatic heterocycles. The monoisotopic (exact) mass is 343 g/mol. The van der Waals surface area contributed by atoms with Gasteiger partial charge in [-0.2, -0.15) is 0 Å². The molecule has 0 bridgehead atoms. The number of likely N-dealkylation sites (N-methyl/N-ethyl adjacent to an activating group) is 1. The fourth-order valence-corrected chi connectivity index (χ4v) is 2.97. The number of carbonyl (C=O) groups excluding carboxylic acids is 2. The first-order chi connectivity index (χ1) is 12.1. The zero-order valence-electron chi connectivity index (χ0n) is 14.5. The maximum absolute atomic E-state index is 12.0. The molecule has 0 atom stereocenters. The Hall–Kier alpha value is -2.38. The number of aromatic nitrogens is 1. The predicted octanol–water partition coefficient (Wildman–Crippen LogP) is 0.860. The summed E-state index contributed by atoms with van der Waals surface area (Å²) in [4.78, 5) is 31.7. The lowest BCUT2D eigenvalue weighted by molar-refractivity contribution is -0.136. The molecule has 1 aliphatic heterocycles. The molecule has 134 valence electrons. The van der Waals surface area contributed by atoms with E-state index >= 15 is 0 Å². The summed E-state index contributed by atoms with van der Waals surface area (Å²) < 4.78 is 0. The smallest absolute Gasteiger partial charge is 0.313 e. The lowest BCUT2D eigenvalue weighted by Crippen LogP contribution is -2.45. The summed E-state index contributed by atoms with van der Waals surface area (Å²) in [6.07, 6.45) is 2.68. The van der Waals surface area contributed by atoms with Crippen LogP contribution in [0, 0.1) is 0 Å². The van der Waals surface area contributed by atoms with Crippen LogP contribution in [0.2, 0.25) is 0 Å². The summed E-state index contributed by atoms with van der Waals surface area (Å²) in [5.74, 6) is -1.23. The summed E-state index contributed by atoms with van der Waals surface area (Å²) in [7, 11) is 2.13. The number of fused-ring (bicyclic) bond motifs is 1. The number of nitrogens with zero attached hydrogens (tertiary/aromatic N) is 2. The average Bonchev–Trinajstić information content (AvgIpc) is 3.07. The van der Waals surface area contributed by atoms with Gasteiger partial charge in [-0.05, 0) is 43.6 Å². The summed E-state index contributed by atoms with van der Waals surface area (Å²) in [5.41, 5.74) is 1.53. The maximum Gasteiger partial charge on any atom is 0.313 e. The second-order valence-electron chi connectivity index (χ2n) is 6.49. The molecule has 2 aromatic rings. The zero-order chi connectivity index (χ0) is 17.6. The number of piperazine rings is 1. The van der Waals surface area contributed by atoms with Crippen LogP contribution in [-0.4, -0.2) is 72.9 Å². The Morgan fingerprint density at radius 2 is 1.92 bits per heavy atom. The van der Waals surface area contributed by atoms with Crippen molar-refractivity contribution in [1.29, 1.82) is 0 Å². The van der Waals surface area contributed by atoms with Gasteiger partial charge in [-0.25, -0.2) is 0 Å². The highest BCUT2D eigenvalue weighted by molar-refractivity contribution is 6.39. The van der Waals surface area contributed by atoms with Crippen LogP contribution in [0.25, 0.3) is 10.9 Å². The molecule has 1 saturated heterocycles. The number of nitrogens with one attached hydrogen (secondary N) is 3. The Labute approximate surface area is 147 Å². The number of aromatic amines is 1. The molecule has 7 nitrogen and oxygen atoms in total. The molecule has 0 spiro atoms. The molecular weight excluding hydrogens is 318 g/mol. The summed E-state index contributed by atoms with van der Waals surface area (Å²) in [5, 5.41) is 6.38. The van der Waals surface area contributed by atoms with Crippen LogP contribution in [-0.2, 0) is 9.59 Å². The van der Waals surface area contributed by atoms with Gasteiger partial charge in [0.25, 0.3) is 0 Å². The molecule has 25 heavy (non-hydrogen) atoms. The molecule has 3 rings (SSSR count). The molecule has 0 saturated carbocycles. The third-order valence-electron chi connectivity index (χ3n) is 4.55. The number of carbonyl (C=O) groups is 2. The van der Waals surface area contributed by atoms with E-state index < -0.39 is 11.8 Å². The van der Waals surface area contributed by atoms with Gasteiger partial charge in [-0.1, -0.05) is 6.07 Å². The Kier molecular flexibility index (Phi) is 5.67. The number of hydrogen-bond acceptors (Lipinski definition) is 4. The molecule has 1 aromatic carbocycles. The molecule has 1 aliphatic rings. The molecule has 1 fully saturated rings. The van der Waals surface area contributed by atoms with Crippen molar-refractivity contribution >= 4 is 28.4 Å². The van der Waals surface area contributed by atoms with Gasteiger partial charge in [-0.15, -0.1) is 0 Å². The van der Waals surface area contributed by atoms with Crippen LogP contribution in [0.1, 0.15) is 6.42 Å². The predicted molar refractivity (Wildman–Crippen MR) is 98.5 cm³/mol. The summed E-state index contributed by atoms with van der Waals surface area (Å²) >= 11 is 0. The van der Waals surface area contributed by atoms with Gasteiger partial charge in [-0.3, -0.25) is 9.59 Å². The van der Waals surface area contributed by atoms with E-state index in [9.17, 15) is 9.59 Å². The van der Waals surface area contributed by atoms with Crippen molar-refractivity contribution in [3.05, 3.63) is 30.5 Å². The van der Waals surface area contributed by atoms with E-state index in [1.54, 1.807) is 6.07 Å². The van der Waals surface area contributed by atoms with Crippen LogP contribution in [0.3, 0.4) is 0 Å². The van der Waals surface area contributed by atoms with Gasteiger partial charge in [0, 0.05) is 50.1 Å². The number of amides is 2. The van der Waals surface area contributed by atoms with E-state index in [1.165, 1.54) is 0 Å². The molecule has 0 unspecified atom stereocenters. The highest BCUT2D eigenvalue weighted by atomic mass is 16.2. The van der Waals surface area contributed by atoms with Gasteiger partial charge in [0.15, 0.2) is 0 Å². The van der Waals surface area contributed by atoms with Crippen molar-refractivity contribution < 1.29 is 9.59 Å². The van der Waals surface area contributed by atoms with Gasteiger partial charge in [0.05, 0.1) is 0 Å². The lowest BCUT2D eigenvalue weighted by Gasteiger charge is -2.32. The minimum Gasteiger partial charge on any atom is -0.361 e. The van der Waals surface area contributed by atoms with Crippen molar-refractivity contribution in [1.82, 2.24) is 20.1 Å². The van der Waals surface area contributed by atoms with E-state index in [1.807, 2.05) is 24.4 Å². The highest BCUT2D eigenvalue weighted by Crippen LogP contribution is 2.17. The van der Waals surface area contributed by atoms with E-state index in [0.29, 0.717) is 12.2 Å². The van der Waals surface area contributed by atoms with E-state index in [-0.39, 0.29) is 0 Å². The van der Waals surface area contributed by atoms with Crippen molar-refractivity contribution in [2.24, 2.45) is 0 Å². The first kappa shape index (κ1) is 17.4. The van der Waals surface area contributed by atoms with Crippen LogP contribution in [0.4, 0.5) is 5.69 Å². The Bertz CT molecular complexity index is 734. The zero-order valence-corrected chi connectivity index (χ0v) is 14.5. The maximum atomic E-state index is 12.0. The van der Waals surface area contributed by atoms with Gasteiger partial charge in [0.2, 0.25) is 0 Å². The quantitative estimate of drug-likeness (QED) is 0.556. The molecule has 0 aliphatic carbocycles. The van der Waals surface area contributed by atoms with Crippen LogP contribution in [0.15, 0.2) is 30.5 Å². The molecular formula is C18H25N5O2. The number of hydrogen-bond donors (Lipinski definition) is 3. The second-order valence-corrected chi connectivity index (χ2v) is 6.49. The van der Waals surface area contributed by atoms with E-state index in [2.05, 4.69) is 32.5 Å². The Morgan fingerprint density at radius 3 is 2.72 bits per heavy atom. The van der Waals surface area contributed by atoms with Crippen molar-refractivity contribution in [3.8, 4) is 0 Å². The van der Waals surface area contributed by atoms with Crippen LogP contribution < -0.4 is 10.6 Å². The molecule has 7 heteroatoms. The van der Waals surface area contributed by atoms with E-state index in [4.69, 9.17) is 0 Å². The normalized spacial score (nSPS) is 16.0. The molecule has 2 amide bonds. The number of rotatable bonds is 5. The number of anilines is 1. The standard InChI is InChI=1S/C18H25N5O2/c1-22-9-11-23(12-10-22)8-2-6-20-17(24)18(25)21-15-4-3-14-5-7-19-16(14)13-15/h3-5,7,13,19H,2,6,8-12H2,1H3,(H,20,24)(H,21,25). The van der Waals surface area contributed by atoms with Crippen molar-refractivity contribution in [2.75, 3.05) is 51.6 Å². The Morgan fingerprint density at radius 1 is 1.12 bits per heavy atom. The van der Waals surface area contributed by atoms with Crippen molar-refractivity contribution in [3.63, 3.8) is 0 Å². The van der Waals surface area contributed by atoms with Gasteiger partial charge >= 0.3 is 11.8 Å². The number of benzene rings is 1. The molecule has 2 heterocycles. The average molecular weight is 343 g/mol. The molecule has 3 N–H and O–H groups in total. The summed E-state index contributed by atoms with van der Waals surface area (Å²) in [6.45, 7) is 5.74. The van der Waals surface area contributed by atoms with Crippen LogP contribution in [0.5, 0.6) is 0 Å². The third-order valence-corrected chi connectivity index (χ3v) is 4.55. The van der Waals surface area contributed by atoms with Crippen molar-refractivity contribution in [2.45, 2.75) is 6.42 Å². The SMILES string of the molecule is CN1CCN(CCCNC(=O)C(=O)Nc2ccc3cc[nH]c3c2)CC1. The van der Waals surface area contributed by atoms with Crippen LogP contribution >= 0.6 is 0 Å². The minimum atomic E-state index is -0.634. The first-order valence-electron chi connectivity index (χ1n) is 8.69. The third kappa shape index (κ3) is 4.80. The second kappa shape index (κ2) is 8.13. The summed E-state index contributed by atoms with van der Waals surface area (Å²) in [6, 6.07) is 7.45. The fourth-order valence-electron chi connectivity index (χ4n) is 2.97. The van der Waals surface area contributed by atoms with Gasteiger partial charge < -0.3 is 25.4 Å². The molecule has 0 radical (unpaired) electrons. The minimum absolute atomic E-state index is 0.508. The fraction of sp³-hybridized carbons (Fsp3) is 0.444. The Balaban J connectivity index is 1.38. The van der Waals surface area contributed by atoms with E-state index in [0.717, 1.165) is 50.0 Å². The highest BCUT2D eigenvalue weighted by Gasteiger charge is 2.15.